The van der Waals surface area contributed by atoms with E-state index in [1.165, 1.54) is 0 Å². The summed E-state index contributed by atoms with van der Waals surface area (Å²) in [6.45, 7) is 5.86. The van der Waals surface area contributed by atoms with Crippen molar-refractivity contribution in [3.05, 3.63) is 101 Å². The highest BCUT2D eigenvalue weighted by molar-refractivity contribution is 5.94. The second kappa shape index (κ2) is 10.3. The van der Waals surface area contributed by atoms with Crippen LogP contribution < -0.4 is 15.8 Å². The van der Waals surface area contributed by atoms with Gasteiger partial charge in [0.1, 0.15) is 17.7 Å². The summed E-state index contributed by atoms with van der Waals surface area (Å²) in [5.41, 5.74) is 11.3. The first kappa shape index (κ1) is 23.8. The molecule has 0 fully saturated rings. The second-order valence-electron chi connectivity index (χ2n) is 8.45. The lowest BCUT2D eigenvalue weighted by Gasteiger charge is -2.16. The molecule has 1 atom stereocenters. The maximum absolute atomic E-state index is 12.6. The molecule has 4 aromatic rings. The number of hydrogen-bond acceptors (Lipinski definition) is 6. The summed E-state index contributed by atoms with van der Waals surface area (Å²) < 4.78 is 6.15. The lowest BCUT2D eigenvalue weighted by Crippen LogP contribution is -2.23. The third-order valence-electron chi connectivity index (χ3n) is 5.79. The van der Waals surface area contributed by atoms with E-state index in [1.54, 1.807) is 24.4 Å². The molecule has 0 aliphatic rings. The van der Waals surface area contributed by atoms with Crippen molar-refractivity contribution in [3.8, 4) is 22.8 Å². The molecule has 2 heterocycles. The highest BCUT2D eigenvalue weighted by Crippen LogP contribution is 2.27. The molecule has 0 radical (unpaired) electrons. The average molecular weight is 469 g/mol. The van der Waals surface area contributed by atoms with E-state index in [4.69, 9.17) is 10.5 Å². The molecule has 0 bridgehead atoms. The van der Waals surface area contributed by atoms with Crippen LogP contribution in [0.15, 0.2) is 72.9 Å². The van der Waals surface area contributed by atoms with Crippen LogP contribution in [0.4, 0.5) is 5.82 Å². The number of pyridine rings is 2. The van der Waals surface area contributed by atoms with Gasteiger partial charge in [0.2, 0.25) is 5.88 Å². The Morgan fingerprint density at radius 1 is 1.06 bits per heavy atom. The van der Waals surface area contributed by atoms with Gasteiger partial charge in [-0.2, -0.15) is 0 Å². The topological polar surface area (TPSA) is 110 Å². The number of rotatable bonds is 7. The molecule has 35 heavy (non-hydrogen) atoms. The van der Waals surface area contributed by atoms with E-state index >= 15 is 0 Å². The Bertz CT molecular complexity index is 1310. The molecule has 1 amide bonds. The van der Waals surface area contributed by atoms with Gasteiger partial charge in [-0.3, -0.25) is 4.79 Å². The van der Waals surface area contributed by atoms with E-state index in [2.05, 4.69) is 15.3 Å². The Morgan fingerprint density at radius 2 is 1.83 bits per heavy atom. The monoisotopic (exact) mass is 468 g/mol. The van der Waals surface area contributed by atoms with Crippen molar-refractivity contribution in [2.45, 2.75) is 33.4 Å². The number of nitrogens with two attached hydrogens (primary N) is 1. The first-order valence-electron chi connectivity index (χ1n) is 11.3. The first-order chi connectivity index (χ1) is 16.8. The number of ether oxygens (including phenoxy) is 1. The number of carbonyl (C=O) groups is 1. The number of anilines is 1. The van der Waals surface area contributed by atoms with Crippen molar-refractivity contribution >= 4 is 11.7 Å². The van der Waals surface area contributed by atoms with Gasteiger partial charge in [-0.05, 0) is 79.9 Å². The third-order valence-corrected chi connectivity index (χ3v) is 5.79. The zero-order valence-electron chi connectivity index (χ0n) is 19.9. The number of nitrogens with one attached hydrogen (secondary N) is 1. The number of carbonyl (C=O) groups excluding carboxylic acids is 1. The lowest BCUT2D eigenvalue weighted by atomic mass is 10.1. The minimum absolute atomic E-state index is 0.0548. The normalized spacial score (nSPS) is 11.6. The molecule has 0 aliphatic carbocycles. The van der Waals surface area contributed by atoms with Crippen molar-refractivity contribution in [3.63, 3.8) is 0 Å². The Hall–Kier alpha value is -4.39. The van der Waals surface area contributed by atoms with Gasteiger partial charge in [0.15, 0.2) is 0 Å². The number of aryl methyl sites for hydroxylation is 2. The summed E-state index contributed by atoms with van der Waals surface area (Å²) >= 11 is 0. The maximum Gasteiger partial charge on any atom is 0.251 e. The van der Waals surface area contributed by atoms with Crippen LogP contribution in [0.25, 0.3) is 11.1 Å². The molecular formula is C28H28N4O3. The molecule has 2 aromatic carbocycles. The van der Waals surface area contributed by atoms with Crippen LogP contribution >= 0.6 is 0 Å². The fourth-order valence-electron chi connectivity index (χ4n) is 3.84. The summed E-state index contributed by atoms with van der Waals surface area (Å²) in [5.74, 6) is 0.929. The Morgan fingerprint density at radius 3 is 2.51 bits per heavy atom. The van der Waals surface area contributed by atoms with Crippen LogP contribution in [-0.4, -0.2) is 21.0 Å². The smallest absolute Gasteiger partial charge is 0.251 e. The number of aromatic hydroxyl groups is 1. The zero-order chi connectivity index (χ0) is 24.9. The van der Waals surface area contributed by atoms with Crippen LogP contribution in [-0.2, 0) is 6.54 Å². The van der Waals surface area contributed by atoms with Crippen LogP contribution in [0.3, 0.4) is 0 Å². The van der Waals surface area contributed by atoms with Crippen molar-refractivity contribution < 1.29 is 14.6 Å². The molecule has 7 nitrogen and oxygen atoms in total. The summed E-state index contributed by atoms with van der Waals surface area (Å²) in [7, 11) is 0. The van der Waals surface area contributed by atoms with Crippen LogP contribution in [0.5, 0.6) is 11.6 Å². The SMILES string of the molecule is Cc1cc(C)c(CNC(=O)c2ccc(C(C)Oc3cccc(-c4ccc(N)nc4)c3)cc2)c(O)n1. The van der Waals surface area contributed by atoms with Gasteiger partial charge in [0.05, 0.1) is 0 Å². The minimum atomic E-state index is -0.227. The van der Waals surface area contributed by atoms with E-state index in [-0.39, 0.29) is 24.4 Å². The van der Waals surface area contributed by atoms with Gasteiger partial charge in [-0.25, -0.2) is 9.97 Å². The number of nitrogens with zero attached hydrogens (tertiary/aromatic N) is 2. The fourth-order valence-corrected chi connectivity index (χ4v) is 3.84. The molecule has 0 spiro atoms. The van der Waals surface area contributed by atoms with E-state index in [0.717, 1.165) is 33.7 Å². The first-order valence-corrected chi connectivity index (χ1v) is 11.3. The van der Waals surface area contributed by atoms with Crippen molar-refractivity contribution in [2.24, 2.45) is 0 Å². The fraction of sp³-hybridized carbons (Fsp3) is 0.179. The molecular weight excluding hydrogens is 440 g/mol. The minimum Gasteiger partial charge on any atom is -0.493 e. The van der Waals surface area contributed by atoms with E-state index < -0.39 is 0 Å². The number of benzene rings is 2. The zero-order valence-corrected chi connectivity index (χ0v) is 19.9. The van der Waals surface area contributed by atoms with Gasteiger partial charge < -0.3 is 20.9 Å². The van der Waals surface area contributed by atoms with Gasteiger partial charge in [0.25, 0.3) is 5.91 Å². The highest BCUT2D eigenvalue weighted by Gasteiger charge is 2.13. The van der Waals surface area contributed by atoms with Gasteiger partial charge in [0, 0.05) is 35.1 Å². The van der Waals surface area contributed by atoms with E-state index in [9.17, 15) is 9.90 Å². The quantitative estimate of drug-likeness (QED) is 0.347. The number of nitrogen functional groups attached to an aromatic ring is 1. The standard InChI is InChI=1S/C28H28N4O3/c1-17-13-18(2)32-28(34)25(17)16-31-27(33)21-9-7-20(8-10-21)19(3)35-24-6-4-5-22(14-24)23-11-12-26(29)30-15-23/h4-15,19H,16H2,1-3H3,(H2,29,30)(H,31,33)(H,32,34). The van der Waals surface area contributed by atoms with Crippen molar-refractivity contribution in [2.75, 3.05) is 5.73 Å². The largest absolute Gasteiger partial charge is 0.493 e. The highest BCUT2D eigenvalue weighted by atomic mass is 16.5. The molecule has 0 saturated heterocycles. The third kappa shape index (κ3) is 5.76. The number of amides is 1. The lowest BCUT2D eigenvalue weighted by molar-refractivity contribution is 0.0950. The molecule has 7 heteroatoms. The molecule has 0 saturated carbocycles. The average Bonchev–Trinajstić information content (AvgIpc) is 2.84. The molecule has 0 aliphatic heterocycles. The Labute approximate surface area is 204 Å². The second-order valence-corrected chi connectivity index (χ2v) is 8.45. The molecule has 2 aromatic heterocycles. The Kier molecular flexibility index (Phi) is 6.96. The van der Waals surface area contributed by atoms with Gasteiger partial charge in [-0.1, -0.05) is 24.3 Å². The van der Waals surface area contributed by atoms with Crippen LogP contribution in [0.1, 0.15) is 45.8 Å². The van der Waals surface area contributed by atoms with E-state index in [0.29, 0.717) is 16.9 Å². The van der Waals surface area contributed by atoms with Gasteiger partial charge >= 0.3 is 0 Å². The molecule has 1 unspecified atom stereocenters. The molecule has 4 rings (SSSR count). The summed E-state index contributed by atoms with van der Waals surface area (Å²) in [6.07, 6.45) is 1.52. The maximum atomic E-state index is 12.6. The number of aromatic nitrogens is 2. The summed E-state index contributed by atoms with van der Waals surface area (Å²) in [5, 5.41) is 12.9. The summed E-state index contributed by atoms with van der Waals surface area (Å²) in [4.78, 5) is 20.8. The summed E-state index contributed by atoms with van der Waals surface area (Å²) in [6, 6.07) is 20.6. The van der Waals surface area contributed by atoms with Crippen LogP contribution in [0, 0.1) is 13.8 Å². The predicted octanol–water partition coefficient (Wildman–Crippen LogP) is 5.12. The van der Waals surface area contributed by atoms with Gasteiger partial charge in [-0.15, -0.1) is 0 Å². The Balaban J connectivity index is 1.39. The predicted molar refractivity (Wildman–Crippen MR) is 136 cm³/mol. The molecule has 4 N–H and O–H groups in total. The van der Waals surface area contributed by atoms with Crippen molar-refractivity contribution in [1.29, 1.82) is 0 Å². The van der Waals surface area contributed by atoms with Crippen LogP contribution in [0.2, 0.25) is 0 Å². The number of hydrogen-bond donors (Lipinski definition) is 3. The van der Waals surface area contributed by atoms with E-state index in [1.807, 2.05) is 69.3 Å². The molecule has 178 valence electrons. The van der Waals surface area contributed by atoms with Crippen molar-refractivity contribution in [1.82, 2.24) is 15.3 Å².